The molecular weight excluding hydrogens is 548 g/mol. The second kappa shape index (κ2) is 17.5. The molecule has 2 aromatic carbocycles. The minimum absolute atomic E-state index is 0.0314. The van der Waals surface area contributed by atoms with Crippen molar-refractivity contribution in [1.29, 1.82) is 0 Å². The standard InChI is InChI=1S/C18H17FN4O.C8H11N.C6H7FO.C2H6/c1-10(2)23-18(24)13-7-12(19)8-15-17(13)16(22-23)9-14(21-15)11-3-5-20-6-4-11;1-9-7-8-5-3-2-4-6-8;1-5(7)3-4-6(2)8;1-2/h3-8,10,14,21H,9H2,1-2H3;2-6,9H,7H2,1H3;3-4H,1H2,2H3;1-2H3/b;;4-3+;. The van der Waals surface area contributed by atoms with Gasteiger partial charge in [-0.25, -0.2) is 13.5 Å². The van der Waals surface area contributed by atoms with Crippen LogP contribution in [0.3, 0.4) is 0 Å². The van der Waals surface area contributed by atoms with E-state index in [1.807, 2.05) is 65.1 Å². The fourth-order valence-electron chi connectivity index (χ4n) is 4.28. The van der Waals surface area contributed by atoms with E-state index in [0.717, 1.165) is 35.3 Å². The molecule has 2 N–H and O–H groups in total. The van der Waals surface area contributed by atoms with Crippen LogP contribution in [0.4, 0.5) is 14.5 Å². The molecule has 3 heterocycles. The Morgan fingerprint density at radius 3 is 2.33 bits per heavy atom. The van der Waals surface area contributed by atoms with Crippen molar-refractivity contribution < 1.29 is 13.6 Å². The van der Waals surface area contributed by atoms with Gasteiger partial charge in [0.25, 0.3) is 5.56 Å². The Morgan fingerprint density at radius 1 is 1.14 bits per heavy atom. The molecule has 1 atom stereocenters. The number of anilines is 1. The van der Waals surface area contributed by atoms with Crippen molar-refractivity contribution in [3.8, 4) is 0 Å². The molecule has 1 aliphatic heterocycles. The monoisotopic (exact) mass is 589 g/mol. The number of halogens is 2. The van der Waals surface area contributed by atoms with Crippen molar-refractivity contribution in [2.45, 2.75) is 59.7 Å². The molecule has 0 amide bonds. The SMILES string of the molecule is C=C(F)/C=C/C(C)=O.CC.CC(C)n1nc2c3c(cc(F)cc3c1=O)NC(c1ccncc1)C2.CNCc1ccccc1. The smallest absolute Gasteiger partial charge is 0.275 e. The van der Waals surface area contributed by atoms with Gasteiger partial charge < -0.3 is 10.6 Å². The Hall–Kier alpha value is -4.50. The highest BCUT2D eigenvalue weighted by atomic mass is 19.1. The summed E-state index contributed by atoms with van der Waals surface area (Å²) in [6.07, 6.45) is 6.25. The molecule has 2 aromatic heterocycles. The third-order valence-electron chi connectivity index (χ3n) is 6.11. The molecule has 0 spiro atoms. The van der Waals surface area contributed by atoms with Crippen LogP contribution in [0, 0.1) is 5.82 Å². The fraction of sp³-hybridized carbons (Fsp3) is 0.294. The van der Waals surface area contributed by atoms with Gasteiger partial charge in [-0.3, -0.25) is 14.6 Å². The number of carbonyl (C=O) groups is 1. The van der Waals surface area contributed by atoms with E-state index in [1.54, 1.807) is 12.4 Å². The maximum Gasteiger partial charge on any atom is 0.275 e. The quantitative estimate of drug-likeness (QED) is 0.182. The number of rotatable bonds is 6. The number of allylic oxidation sites excluding steroid dienone is 3. The molecule has 4 aromatic rings. The van der Waals surface area contributed by atoms with Gasteiger partial charge in [0.1, 0.15) is 11.6 Å². The molecule has 0 radical (unpaired) electrons. The van der Waals surface area contributed by atoms with Crippen LogP contribution in [0.15, 0.2) is 96.3 Å². The molecule has 0 saturated carbocycles. The zero-order chi connectivity index (χ0) is 31.9. The van der Waals surface area contributed by atoms with Crippen LogP contribution in [0.25, 0.3) is 10.8 Å². The molecule has 9 heteroatoms. The van der Waals surface area contributed by atoms with Crippen molar-refractivity contribution in [3.05, 3.63) is 125 Å². The van der Waals surface area contributed by atoms with Crippen molar-refractivity contribution in [2.24, 2.45) is 0 Å². The highest BCUT2D eigenvalue weighted by Crippen LogP contribution is 2.36. The Kier molecular flexibility index (Phi) is 14.1. The summed E-state index contributed by atoms with van der Waals surface area (Å²) in [5.41, 5.74) is 3.56. The first-order chi connectivity index (χ1) is 20.6. The first kappa shape index (κ1) is 34.7. The summed E-state index contributed by atoms with van der Waals surface area (Å²) < 4.78 is 27.1. The van der Waals surface area contributed by atoms with E-state index in [1.165, 1.54) is 29.3 Å². The third-order valence-corrected chi connectivity index (χ3v) is 6.11. The lowest BCUT2D eigenvalue weighted by Crippen LogP contribution is -2.30. The van der Waals surface area contributed by atoms with Crippen LogP contribution in [-0.4, -0.2) is 27.6 Å². The van der Waals surface area contributed by atoms with E-state index < -0.39 is 11.6 Å². The predicted octanol–water partition coefficient (Wildman–Crippen LogP) is 7.27. The van der Waals surface area contributed by atoms with E-state index in [4.69, 9.17) is 0 Å². The van der Waals surface area contributed by atoms with Crippen LogP contribution < -0.4 is 16.2 Å². The van der Waals surface area contributed by atoms with Gasteiger partial charge in [-0.15, -0.1) is 0 Å². The molecule has 0 saturated heterocycles. The maximum atomic E-state index is 14.1. The highest BCUT2D eigenvalue weighted by Gasteiger charge is 2.26. The topological polar surface area (TPSA) is 88.9 Å². The number of nitrogens with one attached hydrogen (secondary N) is 2. The van der Waals surface area contributed by atoms with E-state index in [2.05, 4.69) is 39.4 Å². The van der Waals surface area contributed by atoms with E-state index in [9.17, 15) is 18.4 Å². The summed E-state index contributed by atoms with van der Waals surface area (Å²) in [4.78, 5) is 26.7. The highest BCUT2D eigenvalue weighted by molar-refractivity contribution is 5.96. The number of aromatic nitrogens is 3. The predicted molar refractivity (Wildman–Crippen MR) is 171 cm³/mol. The molecule has 1 aliphatic rings. The first-order valence-electron chi connectivity index (χ1n) is 14.2. The summed E-state index contributed by atoms with van der Waals surface area (Å²) in [5.74, 6) is -1.20. The molecular formula is C34H41F2N5O2. The second-order valence-electron chi connectivity index (χ2n) is 9.75. The van der Waals surface area contributed by atoms with E-state index in [-0.39, 0.29) is 23.4 Å². The van der Waals surface area contributed by atoms with Gasteiger partial charge in [-0.1, -0.05) is 50.8 Å². The van der Waals surface area contributed by atoms with E-state index in [0.29, 0.717) is 17.5 Å². The first-order valence-corrected chi connectivity index (χ1v) is 14.2. The molecule has 0 bridgehead atoms. The van der Waals surface area contributed by atoms with Crippen LogP contribution in [0.5, 0.6) is 0 Å². The van der Waals surface area contributed by atoms with Crippen molar-refractivity contribution in [3.63, 3.8) is 0 Å². The number of ketones is 1. The van der Waals surface area contributed by atoms with Gasteiger partial charge >= 0.3 is 0 Å². The molecule has 0 fully saturated rings. The Labute approximate surface area is 252 Å². The molecule has 43 heavy (non-hydrogen) atoms. The third kappa shape index (κ3) is 10.4. The lowest BCUT2D eigenvalue weighted by Gasteiger charge is -2.28. The van der Waals surface area contributed by atoms with E-state index >= 15 is 0 Å². The van der Waals surface area contributed by atoms with Gasteiger partial charge in [0.05, 0.1) is 23.2 Å². The van der Waals surface area contributed by atoms with Gasteiger partial charge in [0.2, 0.25) is 0 Å². The Bertz CT molecular complexity index is 1550. The Morgan fingerprint density at radius 2 is 1.79 bits per heavy atom. The Balaban J connectivity index is 0.000000280. The summed E-state index contributed by atoms with van der Waals surface area (Å²) in [7, 11) is 1.95. The molecule has 5 rings (SSSR count). The number of carbonyl (C=O) groups excluding carboxylic acids is 1. The van der Waals surface area contributed by atoms with Gasteiger partial charge in [-0.2, -0.15) is 5.10 Å². The molecule has 1 unspecified atom stereocenters. The minimum atomic E-state index is -0.597. The number of hydrogen-bond acceptors (Lipinski definition) is 6. The van der Waals surface area contributed by atoms with Crippen LogP contribution in [-0.2, 0) is 17.8 Å². The number of hydrogen-bond donors (Lipinski definition) is 2. The summed E-state index contributed by atoms with van der Waals surface area (Å²) >= 11 is 0. The van der Waals surface area contributed by atoms with Crippen LogP contribution in [0.1, 0.15) is 63.5 Å². The van der Waals surface area contributed by atoms with Gasteiger partial charge in [0.15, 0.2) is 5.78 Å². The summed E-state index contributed by atoms with van der Waals surface area (Å²) in [6, 6.07) is 16.8. The lowest BCUT2D eigenvalue weighted by atomic mass is 9.94. The normalized spacial score (nSPS) is 13.1. The van der Waals surface area contributed by atoms with Crippen molar-refractivity contribution in [1.82, 2.24) is 20.1 Å². The zero-order valence-electron chi connectivity index (χ0n) is 25.7. The van der Waals surface area contributed by atoms with Crippen LogP contribution >= 0.6 is 0 Å². The fourth-order valence-corrected chi connectivity index (χ4v) is 4.28. The van der Waals surface area contributed by atoms with Gasteiger partial charge in [0, 0.05) is 36.4 Å². The number of pyridine rings is 1. The molecule has 228 valence electrons. The summed E-state index contributed by atoms with van der Waals surface area (Å²) in [6.45, 7) is 13.0. The molecule has 0 aliphatic carbocycles. The van der Waals surface area contributed by atoms with Crippen molar-refractivity contribution in [2.75, 3.05) is 12.4 Å². The van der Waals surface area contributed by atoms with Crippen LogP contribution in [0.2, 0.25) is 0 Å². The maximum absolute atomic E-state index is 14.1. The number of benzene rings is 2. The largest absolute Gasteiger partial charge is 0.377 e. The average Bonchev–Trinajstić information content (AvgIpc) is 3.00. The summed E-state index contributed by atoms with van der Waals surface area (Å²) in [5, 5.41) is 12.1. The number of nitrogens with zero attached hydrogens (tertiary/aromatic N) is 3. The molecule has 7 nitrogen and oxygen atoms in total. The van der Waals surface area contributed by atoms with Crippen molar-refractivity contribution >= 4 is 22.2 Å². The average molecular weight is 590 g/mol. The minimum Gasteiger partial charge on any atom is -0.377 e. The zero-order valence-corrected chi connectivity index (χ0v) is 25.7. The van der Waals surface area contributed by atoms with Gasteiger partial charge in [-0.05, 0) is 75.4 Å². The second-order valence-corrected chi connectivity index (χ2v) is 9.75. The lowest BCUT2D eigenvalue weighted by molar-refractivity contribution is -0.112.